The zero-order valence-corrected chi connectivity index (χ0v) is 10.7. The molecule has 0 bridgehead atoms. The Kier molecular flexibility index (Phi) is 6.30. The van der Waals surface area contributed by atoms with Gasteiger partial charge >= 0.3 is 24.2 Å². The minimum Gasteiger partial charge on any atom is -0.507 e. The first-order chi connectivity index (χ1) is 10.3. The minimum atomic E-state index is -3.01. The summed E-state index contributed by atoms with van der Waals surface area (Å²) in [7, 11) is 0. The van der Waals surface area contributed by atoms with Crippen LogP contribution in [0.3, 0.4) is 0 Å². The third-order valence-electron chi connectivity index (χ3n) is 2.24. The van der Waals surface area contributed by atoms with Crippen LogP contribution in [0.5, 0.6) is 5.75 Å². The van der Waals surface area contributed by atoms with E-state index in [0.29, 0.717) is 5.75 Å². The summed E-state index contributed by atoms with van der Waals surface area (Å²) >= 11 is 0. The molecule has 0 amide bonds. The number of phenols is 1. The van der Waals surface area contributed by atoms with Crippen molar-refractivity contribution in [2.75, 3.05) is 0 Å². The van der Waals surface area contributed by atoms with E-state index in [0.717, 1.165) is 10.8 Å². The number of rotatable bonds is 2. The molecular weight excluding hydrogens is 314 g/mol. The molecule has 2 aromatic rings. The molecule has 0 aromatic heterocycles. The third-order valence-corrected chi connectivity index (χ3v) is 2.24. The standard InChI is InChI=1S/C10H8O.C4F6O/c11-10-7-3-5-8-4-1-2-6-9(8)10;5-1(6)3(9)11-4(10)2(7)8/h1-7,11H;. The molecule has 0 unspecified atom stereocenters. The van der Waals surface area contributed by atoms with Gasteiger partial charge in [-0.25, -0.2) is 0 Å². The maximum atomic E-state index is 11.4. The van der Waals surface area contributed by atoms with Crippen molar-refractivity contribution in [1.82, 2.24) is 0 Å². The Morgan fingerprint density at radius 3 is 1.73 bits per heavy atom. The van der Waals surface area contributed by atoms with Crippen molar-refractivity contribution in [3.63, 3.8) is 0 Å². The minimum absolute atomic E-state index is 0.350. The molecule has 0 aliphatic carbocycles. The molecule has 0 fully saturated rings. The average Bonchev–Trinajstić information content (AvgIpc) is 2.48. The van der Waals surface area contributed by atoms with E-state index in [1.807, 2.05) is 36.4 Å². The van der Waals surface area contributed by atoms with Gasteiger partial charge in [-0.1, -0.05) is 36.4 Å². The van der Waals surface area contributed by atoms with Crippen LogP contribution >= 0.6 is 0 Å². The molecule has 1 N–H and O–H groups in total. The molecule has 2 aromatic carbocycles. The van der Waals surface area contributed by atoms with Crippen LogP contribution in [0, 0.1) is 0 Å². The molecule has 2 nitrogen and oxygen atoms in total. The van der Waals surface area contributed by atoms with Crippen molar-refractivity contribution in [2.45, 2.75) is 0 Å². The Morgan fingerprint density at radius 2 is 1.23 bits per heavy atom. The number of phenolic OH excluding ortho intramolecular Hbond substituents is 1. The fraction of sp³-hybridized carbons (Fsp3) is 0. The van der Waals surface area contributed by atoms with Gasteiger partial charge in [0.1, 0.15) is 5.75 Å². The molecule has 0 aliphatic rings. The van der Waals surface area contributed by atoms with E-state index in [-0.39, 0.29) is 0 Å². The van der Waals surface area contributed by atoms with Crippen molar-refractivity contribution in [3.05, 3.63) is 66.7 Å². The predicted octanol–water partition coefficient (Wildman–Crippen LogP) is 5.62. The van der Waals surface area contributed by atoms with Gasteiger partial charge in [-0.05, 0) is 11.5 Å². The maximum absolute atomic E-state index is 11.4. The monoisotopic (exact) mass is 322 g/mol. The Labute approximate surface area is 120 Å². The highest BCUT2D eigenvalue weighted by molar-refractivity contribution is 5.87. The molecule has 0 saturated heterocycles. The van der Waals surface area contributed by atoms with Gasteiger partial charge in [0.25, 0.3) is 0 Å². The summed E-state index contributed by atoms with van der Waals surface area (Å²) in [4.78, 5) is 0. The van der Waals surface area contributed by atoms with Crippen LogP contribution in [0.2, 0.25) is 0 Å². The largest absolute Gasteiger partial charge is 0.507 e. The van der Waals surface area contributed by atoms with Crippen molar-refractivity contribution in [3.8, 4) is 5.75 Å². The van der Waals surface area contributed by atoms with E-state index in [9.17, 15) is 31.4 Å². The van der Waals surface area contributed by atoms with Crippen molar-refractivity contribution in [2.24, 2.45) is 0 Å². The first kappa shape index (κ1) is 17.4. The van der Waals surface area contributed by atoms with Gasteiger partial charge < -0.3 is 9.84 Å². The summed E-state index contributed by atoms with van der Waals surface area (Å²) in [6.45, 7) is 0. The second-order valence-electron chi connectivity index (χ2n) is 3.67. The van der Waals surface area contributed by atoms with E-state index in [1.54, 1.807) is 6.07 Å². The third kappa shape index (κ3) is 5.04. The molecular formula is C14H8F6O2. The lowest BCUT2D eigenvalue weighted by molar-refractivity contribution is 0.109. The summed E-state index contributed by atoms with van der Waals surface area (Å²) < 4.78 is 69.6. The summed E-state index contributed by atoms with van der Waals surface area (Å²) in [6.07, 6.45) is -6.03. The highest BCUT2D eigenvalue weighted by atomic mass is 19.3. The predicted molar refractivity (Wildman–Crippen MR) is 67.4 cm³/mol. The highest BCUT2D eigenvalue weighted by Crippen LogP contribution is 2.23. The number of aromatic hydroxyl groups is 1. The molecule has 2 rings (SSSR count). The number of fused-ring (bicyclic) bond motifs is 1. The van der Waals surface area contributed by atoms with Crippen LogP contribution in [0.4, 0.5) is 26.3 Å². The van der Waals surface area contributed by atoms with Crippen LogP contribution in [0.25, 0.3) is 10.8 Å². The van der Waals surface area contributed by atoms with Crippen molar-refractivity contribution < 1.29 is 36.2 Å². The van der Waals surface area contributed by atoms with E-state index in [1.165, 1.54) is 0 Å². The molecule has 0 saturated carbocycles. The number of hydrogen-bond acceptors (Lipinski definition) is 2. The van der Waals surface area contributed by atoms with E-state index < -0.39 is 24.2 Å². The lowest BCUT2D eigenvalue weighted by Gasteiger charge is -1.97. The lowest BCUT2D eigenvalue weighted by Crippen LogP contribution is -1.85. The zero-order chi connectivity index (χ0) is 16.7. The summed E-state index contributed by atoms with van der Waals surface area (Å²) in [5.41, 5.74) is 0. The van der Waals surface area contributed by atoms with Crippen LogP contribution in [-0.4, -0.2) is 5.11 Å². The summed E-state index contributed by atoms with van der Waals surface area (Å²) in [5.74, 6) is 0.350. The molecule has 8 heteroatoms. The molecule has 0 atom stereocenters. The average molecular weight is 322 g/mol. The molecule has 0 spiro atoms. The normalized spacial score (nSPS) is 9.55. The van der Waals surface area contributed by atoms with Gasteiger partial charge in [-0.2, -0.15) is 26.3 Å². The fourth-order valence-electron chi connectivity index (χ4n) is 1.36. The van der Waals surface area contributed by atoms with Crippen LogP contribution in [0.1, 0.15) is 0 Å². The Morgan fingerprint density at radius 1 is 0.727 bits per heavy atom. The highest BCUT2D eigenvalue weighted by Gasteiger charge is 2.13. The lowest BCUT2D eigenvalue weighted by atomic mass is 10.1. The Hall–Kier alpha value is -2.64. The number of hydrogen-bond donors (Lipinski definition) is 1. The van der Waals surface area contributed by atoms with Crippen LogP contribution in [0.15, 0.2) is 66.7 Å². The van der Waals surface area contributed by atoms with Gasteiger partial charge in [-0.15, -0.1) is 0 Å². The molecule has 22 heavy (non-hydrogen) atoms. The zero-order valence-electron chi connectivity index (χ0n) is 10.7. The van der Waals surface area contributed by atoms with E-state index in [4.69, 9.17) is 0 Å². The van der Waals surface area contributed by atoms with Gasteiger partial charge in [0.2, 0.25) is 0 Å². The van der Waals surface area contributed by atoms with Crippen molar-refractivity contribution >= 4 is 10.8 Å². The molecule has 0 radical (unpaired) electrons. The summed E-state index contributed by atoms with van der Waals surface area (Å²) in [6, 6.07) is 7.92. The van der Waals surface area contributed by atoms with Gasteiger partial charge in [0, 0.05) is 5.39 Å². The number of halogens is 6. The van der Waals surface area contributed by atoms with Gasteiger partial charge in [-0.3, -0.25) is 0 Å². The first-order valence-corrected chi connectivity index (χ1v) is 5.59. The summed E-state index contributed by atoms with van der Waals surface area (Å²) in [5, 5.41) is 11.4. The number of ether oxygens (including phenoxy) is 1. The Bertz CT molecular complexity index is 676. The fourth-order valence-corrected chi connectivity index (χ4v) is 1.36. The number of benzene rings is 2. The van der Waals surface area contributed by atoms with Gasteiger partial charge in [0.15, 0.2) is 0 Å². The second-order valence-corrected chi connectivity index (χ2v) is 3.67. The maximum Gasteiger partial charge on any atom is 0.346 e. The van der Waals surface area contributed by atoms with Gasteiger partial charge in [0.05, 0.1) is 0 Å². The topological polar surface area (TPSA) is 29.5 Å². The Balaban J connectivity index is 0.000000220. The van der Waals surface area contributed by atoms with E-state index >= 15 is 0 Å². The second kappa shape index (κ2) is 7.96. The SMILES string of the molecule is FC(F)=C(F)OC(F)=C(F)F.Oc1cccc2ccccc12. The van der Waals surface area contributed by atoms with Crippen LogP contribution in [-0.2, 0) is 4.74 Å². The smallest absolute Gasteiger partial charge is 0.346 e. The van der Waals surface area contributed by atoms with Crippen molar-refractivity contribution in [1.29, 1.82) is 0 Å². The molecule has 118 valence electrons. The molecule has 0 aliphatic heterocycles. The van der Waals surface area contributed by atoms with E-state index in [2.05, 4.69) is 4.74 Å². The first-order valence-electron chi connectivity index (χ1n) is 5.59. The quantitative estimate of drug-likeness (QED) is 0.574. The molecule has 0 heterocycles. The van der Waals surface area contributed by atoms with Crippen LogP contribution < -0.4 is 0 Å².